The molecule has 0 radical (unpaired) electrons. The highest BCUT2D eigenvalue weighted by atomic mass is 14.9. The van der Waals surface area contributed by atoms with Crippen LogP contribution in [0.3, 0.4) is 0 Å². The summed E-state index contributed by atoms with van der Waals surface area (Å²) in [6.45, 7) is 3.84. The van der Waals surface area contributed by atoms with Gasteiger partial charge < -0.3 is 11.1 Å². The molecule has 0 spiro atoms. The van der Waals surface area contributed by atoms with Crippen LogP contribution in [-0.4, -0.2) is 18.1 Å². The van der Waals surface area contributed by atoms with Crippen LogP contribution < -0.4 is 11.1 Å². The van der Waals surface area contributed by atoms with Gasteiger partial charge >= 0.3 is 0 Å². The molecule has 3 nitrogen and oxygen atoms in total. The second-order valence-electron chi connectivity index (χ2n) is 3.10. The van der Waals surface area contributed by atoms with E-state index in [1.54, 1.807) is 6.20 Å². The van der Waals surface area contributed by atoms with Crippen LogP contribution >= 0.6 is 0 Å². The van der Waals surface area contributed by atoms with Gasteiger partial charge in [-0.15, -0.1) is 0 Å². The monoisotopic (exact) mass is 179 g/mol. The number of nitrogens with two attached hydrogens (primary N) is 1. The van der Waals surface area contributed by atoms with Crippen LogP contribution in [0.4, 0.5) is 0 Å². The van der Waals surface area contributed by atoms with Crippen molar-refractivity contribution in [2.24, 2.45) is 5.73 Å². The number of nitrogens with one attached hydrogen (secondary N) is 1. The average Bonchev–Trinajstić information content (AvgIpc) is 2.19. The third-order valence-electron chi connectivity index (χ3n) is 2.02. The molecule has 1 atom stereocenters. The molecule has 0 aliphatic heterocycles. The zero-order valence-electron chi connectivity index (χ0n) is 8.03. The van der Waals surface area contributed by atoms with Crippen LogP contribution in [0.15, 0.2) is 24.5 Å². The molecule has 0 saturated heterocycles. The highest BCUT2D eigenvalue weighted by Gasteiger charge is 2.02. The van der Waals surface area contributed by atoms with Crippen molar-refractivity contribution in [1.29, 1.82) is 0 Å². The summed E-state index contributed by atoms with van der Waals surface area (Å²) in [5, 5.41) is 3.38. The van der Waals surface area contributed by atoms with Gasteiger partial charge in [0.15, 0.2) is 0 Å². The lowest BCUT2D eigenvalue weighted by atomic mass is 10.1. The average molecular weight is 179 g/mol. The Labute approximate surface area is 79.4 Å². The van der Waals surface area contributed by atoms with E-state index >= 15 is 0 Å². The van der Waals surface area contributed by atoms with Crippen LogP contribution in [0.25, 0.3) is 0 Å². The molecule has 0 aliphatic rings. The van der Waals surface area contributed by atoms with Crippen LogP contribution in [0.2, 0.25) is 0 Å². The Morgan fingerprint density at radius 1 is 1.62 bits per heavy atom. The van der Waals surface area contributed by atoms with Gasteiger partial charge in [0.2, 0.25) is 0 Å². The molecule has 72 valence electrons. The van der Waals surface area contributed by atoms with Crippen LogP contribution in [0, 0.1) is 0 Å². The van der Waals surface area contributed by atoms with Crippen molar-refractivity contribution >= 4 is 0 Å². The quantitative estimate of drug-likeness (QED) is 0.665. The Bertz CT molecular complexity index is 223. The van der Waals surface area contributed by atoms with E-state index in [1.165, 1.54) is 5.56 Å². The SMILES string of the molecule is C[C@H](NCCCN)c1cccnc1. The molecule has 13 heavy (non-hydrogen) atoms. The standard InChI is InChI=1S/C10H17N3/c1-9(13-7-3-5-11)10-4-2-6-12-8-10/h2,4,6,8-9,13H,3,5,7,11H2,1H3/t9-/m0/s1. The van der Waals surface area contributed by atoms with Crippen molar-refractivity contribution in [1.82, 2.24) is 10.3 Å². The van der Waals surface area contributed by atoms with Crippen LogP contribution in [-0.2, 0) is 0 Å². The second kappa shape index (κ2) is 5.67. The number of hydrogen-bond donors (Lipinski definition) is 2. The minimum Gasteiger partial charge on any atom is -0.330 e. The normalized spacial score (nSPS) is 12.8. The van der Waals surface area contributed by atoms with E-state index in [4.69, 9.17) is 5.73 Å². The first-order valence-electron chi connectivity index (χ1n) is 4.68. The minimum absolute atomic E-state index is 0.361. The Balaban J connectivity index is 2.35. The van der Waals surface area contributed by atoms with Gasteiger partial charge in [-0.2, -0.15) is 0 Å². The van der Waals surface area contributed by atoms with Crippen molar-refractivity contribution in [3.63, 3.8) is 0 Å². The summed E-state index contributed by atoms with van der Waals surface area (Å²) in [5.74, 6) is 0. The Morgan fingerprint density at radius 2 is 2.46 bits per heavy atom. The van der Waals surface area contributed by atoms with E-state index in [0.29, 0.717) is 6.04 Å². The van der Waals surface area contributed by atoms with Crippen molar-refractivity contribution < 1.29 is 0 Å². The summed E-state index contributed by atoms with van der Waals surface area (Å²) in [7, 11) is 0. The fourth-order valence-corrected chi connectivity index (χ4v) is 1.17. The smallest absolute Gasteiger partial charge is 0.0315 e. The number of nitrogens with zero attached hydrogens (tertiary/aromatic N) is 1. The van der Waals surface area contributed by atoms with Crippen LogP contribution in [0.5, 0.6) is 0 Å². The number of aromatic nitrogens is 1. The zero-order valence-corrected chi connectivity index (χ0v) is 8.03. The van der Waals surface area contributed by atoms with Gasteiger partial charge in [-0.05, 0) is 38.1 Å². The Kier molecular flexibility index (Phi) is 4.43. The lowest BCUT2D eigenvalue weighted by Gasteiger charge is -2.12. The van der Waals surface area contributed by atoms with Crippen molar-refractivity contribution in [2.75, 3.05) is 13.1 Å². The van der Waals surface area contributed by atoms with Crippen molar-refractivity contribution in [3.8, 4) is 0 Å². The summed E-state index contributed by atoms with van der Waals surface area (Å²) >= 11 is 0. The van der Waals surface area contributed by atoms with Gasteiger partial charge in [0.25, 0.3) is 0 Å². The fraction of sp³-hybridized carbons (Fsp3) is 0.500. The fourth-order valence-electron chi connectivity index (χ4n) is 1.17. The topological polar surface area (TPSA) is 50.9 Å². The maximum atomic E-state index is 5.40. The maximum absolute atomic E-state index is 5.40. The molecule has 1 aromatic heterocycles. The van der Waals surface area contributed by atoms with Gasteiger partial charge in [-0.25, -0.2) is 0 Å². The first kappa shape index (κ1) is 10.2. The highest BCUT2D eigenvalue weighted by molar-refractivity contribution is 5.12. The molecule has 0 bridgehead atoms. The minimum atomic E-state index is 0.361. The Morgan fingerprint density at radius 3 is 3.08 bits per heavy atom. The van der Waals surface area contributed by atoms with E-state index < -0.39 is 0 Å². The number of pyridine rings is 1. The van der Waals surface area contributed by atoms with E-state index in [1.807, 2.05) is 12.3 Å². The van der Waals surface area contributed by atoms with E-state index in [0.717, 1.165) is 19.5 Å². The van der Waals surface area contributed by atoms with Gasteiger partial charge in [0.1, 0.15) is 0 Å². The molecule has 0 saturated carbocycles. The summed E-state index contributed by atoms with van der Waals surface area (Å²) in [5.41, 5.74) is 6.62. The molecule has 3 N–H and O–H groups in total. The summed E-state index contributed by atoms with van der Waals surface area (Å²) in [6, 6.07) is 4.39. The predicted molar refractivity (Wildman–Crippen MR) is 54.3 cm³/mol. The van der Waals surface area contributed by atoms with Crippen molar-refractivity contribution in [2.45, 2.75) is 19.4 Å². The molecule has 0 amide bonds. The molecule has 1 rings (SSSR count). The third-order valence-corrected chi connectivity index (χ3v) is 2.02. The zero-order chi connectivity index (χ0) is 9.52. The number of hydrogen-bond acceptors (Lipinski definition) is 3. The second-order valence-corrected chi connectivity index (χ2v) is 3.10. The lowest BCUT2D eigenvalue weighted by Crippen LogP contribution is -2.21. The van der Waals surface area contributed by atoms with Crippen LogP contribution in [0.1, 0.15) is 24.9 Å². The molecule has 1 aromatic rings. The molecule has 0 aromatic carbocycles. The lowest BCUT2D eigenvalue weighted by molar-refractivity contribution is 0.560. The Hall–Kier alpha value is -0.930. The highest BCUT2D eigenvalue weighted by Crippen LogP contribution is 2.08. The van der Waals surface area contributed by atoms with E-state index in [9.17, 15) is 0 Å². The molecular weight excluding hydrogens is 162 g/mol. The van der Waals surface area contributed by atoms with Crippen molar-refractivity contribution in [3.05, 3.63) is 30.1 Å². The van der Waals surface area contributed by atoms with Gasteiger partial charge in [0, 0.05) is 18.4 Å². The molecular formula is C10H17N3. The number of rotatable bonds is 5. The molecule has 0 aliphatic carbocycles. The predicted octanol–water partition coefficient (Wildman–Crippen LogP) is 1.08. The van der Waals surface area contributed by atoms with Gasteiger partial charge in [-0.1, -0.05) is 6.07 Å². The molecule has 1 heterocycles. The molecule has 0 fully saturated rings. The maximum Gasteiger partial charge on any atom is 0.0315 e. The summed E-state index contributed by atoms with van der Waals surface area (Å²) in [4.78, 5) is 4.07. The first-order chi connectivity index (χ1) is 6.34. The molecule has 0 unspecified atom stereocenters. The summed E-state index contributed by atoms with van der Waals surface area (Å²) < 4.78 is 0. The van der Waals surface area contributed by atoms with E-state index in [-0.39, 0.29) is 0 Å². The van der Waals surface area contributed by atoms with E-state index in [2.05, 4.69) is 23.3 Å². The third kappa shape index (κ3) is 3.53. The first-order valence-corrected chi connectivity index (χ1v) is 4.68. The largest absolute Gasteiger partial charge is 0.330 e. The van der Waals surface area contributed by atoms with Gasteiger partial charge in [0.05, 0.1) is 0 Å². The summed E-state index contributed by atoms with van der Waals surface area (Å²) in [6.07, 6.45) is 4.70. The molecule has 3 heteroatoms. The van der Waals surface area contributed by atoms with Gasteiger partial charge in [-0.3, -0.25) is 4.98 Å².